The maximum absolute atomic E-state index is 14.6. The summed E-state index contributed by atoms with van der Waals surface area (Å²) in [6.07, 6.45) is -5.24. The first-order chi connectivity index (χ1) is 42.8. The van der Waals surface area contributed by atoms with Gasteiger partial charge in [-0.3, -0.25) is 52.9 Å². The van der Waals surface area contributed by atoms with Crippen molar-refractivity contribution < 1.29 is 67.7 Å². The summed E-state index contributed by atoms with van der Waals surface area (Å²) in [5.41, 5.74) is 30.9. The lowest BCUT2D eigenvalue weighted by Crippen LogP contribution is -2.61. The maximum Gasteiger partial charge on any atom is 0.339 e. The number of amides is 10. The van der Waals surface area contributed by atoms with E-state index in [1.165, 1.54) is 25.3 Å². The predicted molar refractivity (Wildman–Crippen MR) is 330 cm³/mol. The molecule has 2 unspecified atom stereocenters. The number of carbonyl (C=O) groups is 11. The molecule has 1 aliphatic heterocycles. The Kier molecular flexibility index (Phi) is 31.1. The number of aliphatic hydroxyl groups excluding tert-OH is 2. The van der Waals surface area contributed by atoms with Crippen LogP contribution in [0.5, 0.6) is 0 Å². The molecule has 30 nitrogen and oxygen atoms in total. The van der Waals surface area contributed by atoms with Gasteiger partial charge >= 0.3 is 5.97 Å². The van der Waals surface area contributed by atoms with Crippen LogP contribution in [-0.4, -0.2) is 192 Å². The van der Waals surface area contributed by atoms with Crippen molar-refractivity contribution in [3.05, 3.63) is 89.1 Å². The molecule has 2 aromatic carbocycles. The van der Waals surface area contributed by atoms with E-state index in [-0.39, 0.29) is 89.2 Å². The molecule has 1 saturated heterocycles. The standard InChI is InChI=1S/C59H87ClN16O14/c1-31(2)27-44-54(84)70-38(13-20-61)49(79)69-41(16-23-64)53(83)75-47(32(3)77)57(87)67-26-19-42(52(82)68-39(14-21-62)51(81)74-45(55(85)73-44)28-34-9-6-5-7-10-34)71-50(80)40(15-22-63)72-58(88)48(33(4)78)76-56(86)46(17-24-65)90-59(89)36-18-25-66-43(30-36)35-11-8-12-37(60)29-35/h5-12,18,25,29-33,38-42,44-48,77-78H,13-17,19-24,26-28,61-65H2,1-4H3,(H,67,87)(H,68,82)(H,69,79)(H,70,84)(H,71,80)(H,72,88)(H,73,85)(H,74,81)(H,75,83)(H,76,86)/t32?,33?,38-,39-,40-,41-,42-,44-,45+,46-,47-,48-/m0/s1. The highest BCUT2D eigenvalue weighted by atomic mass is 35.5. The van der Waals surface area contributed by atoms with Crippen molar-refractivity contribution in [2.75, 3.05) is 39.3 Å². The topological polar surface area (TPSA) is 501 Å². The summed E-state index contributed by atoms with van der Waals surface area (Å²) < 4.78 is 5.55. The number of esters is 1. The third-order valence-electron chi connectivity index (χ3n) is 14.2. The predicted octanol–water partition coefficient (Wildman–Crippen LogP) is -4.40. The van der Waals surface area contributed by atoms with Crippen LogP contribution in [0.2, 0.25) is 5.02 Å². The number of nitrogens with zero attached hydrogens (tertiary/aromatic N) is 1. The molecule has 1 aliphatic rings. The lowest BCUT2D eigenvalue weighted by Gasteiger charge is -2.29. The number of hydrogen-bond acceptors (Lipinski definition) is 20. The van der Waals surface area contributed by atoms with Crippen molar-refractivity contribution in [1.29, 1.82) is 0 Å². The van der Waals surface area contributed by atoms with Gasteiger partial charge in [0.1, 0.15) is 54.4 Å². The summed E-state index contributed by atoms with van der Waals surface area (Å²) in [4.78, 5) is 159. The number of carbonyl (C=O) groups excluding carboxylic acids is 11. The van der Waals surface area contributed by atoms with Crippen molar-refractivity contribution in [2.24, 2.45) is 34.6 Å². The van der Waals surface area contributed by atoms with Crippen molar-refractivity contribution >= 4 is 76.6 Å². The Morgan fingerprint density at radius 3 is 1.73 bits per heavy atom. The summed E-state index contributed by atoms with van der Waals surface area (Å²) >= 11 is 6.15. The number of aliphatic hydroxyl groups is 2. The smallest absolute Gasteiger partial charge is 0.339 e. The van der Waals surface area contributed by atoms with E-state index >= 15 is 0 Å². The van der Waals surface area contributed by atoms with Gasteiger partial charge in [0.15, 0.2) is 6.10 Å². The quantitative estimate of drug-likeness (QED) is 0.0356. The first-order valence-corrected chi connectivity index (χ1v) is 30.1. The zero-order valence-corrected chi connectivity index (χ0v) is 51.6. The van der Waals surface area contributed by atoms with E-state index in [0.717, 1.165) is 6.92 Å². The summed E-state index contributed by atoms with van der Waals surface area (Å²) in [6.45, 7) is 4.47. The van der Waals surface area contributed by atoms with Crippen LogP contribution in [0.25, 0.3) is 11.3 Å². The Morgan fingerprint density at radius 1 is 0.622 bits per heavy atom. The molecule has 1 fully saturated rings. The highest BCUT2D eigenvalue weighted by molar-refractivity contribution is 6.30. The number of nitrogens with one attached hydrogen (secondary N) is 10. The van der Waals surface area contributed by atoms with Gasteiger partial charge < -0.3 is 96.8 Å². The monoisotopic (exact) mass is 1280 g/mol. The van der Waals surface area contributed by atoms with Gasteiger partial charge in [0.25, 0.3) is 5.91 Å². The van der Waals surface area contributed by atoms with E-state index in [9.17, 15) is 63.0 Å². The highest BCUT2D eigenvalue weighted by Crippen LogP contribution is 2.22. The van der Waals surface area contributed by atoms with Gasteiger partial charge in [-0.1, -0.05) is 67.9 Å². The molecular formula is C59H87ClN16O14. The average Bonchev–Trinajstić information content (AvgIpc) is 1.15. The summed E-state index contributed by atoms with van der Waals surface area (Å²) in [5.74, 6) is -11.0. The zero-order valence-electron chi connectivity index (χ0n) is 50.8. The van der Waals surface area contributed by atoms with E-state index in [0.29, 0.717) is 21.8 Å². The van der Waals surface area contributed by atoms with Gasteiger partial charge in [-0.2, -0.15) is 0 Å². The van der Waals surface area contributed by atoms with Gasteiger partial charge in [0.05, 0.1) is 23.5 Å². The number of ether oxygens (including phenoxy) is 1. The fraction of sp³-hybridized carbons (Fsp3) is 0.525. The lowest BCUT2D eigenvalue weighted by molar-refractivity contribution is -0.138. The Bertz CT molecular complexity index is 2930. The molecule has 22 N–H and O–H groups in total. The van der Waals surface area contributed by atoms with Crippen molar-refractivity contribution in [1.82, 2.24) is 58.2 Å². The molecular weight excluding hydrogens is 1190 g/mol. The van der Waals surface area contributed by atoms with Crippen LogP contribution in [0.1, 0.15) is 88.6 Å². The molecule has 90 heavy (non-hydrogen) atoms. The van der Waals surface area contributed by atoms with E-state index < -0.39 is 151 Å². The molecule has 494 valence electrons. The Hall–Kier alpha value is -8.23. The van der Waals surface area contributed by atoms with Crippen LogP contribution in [0.15, 0.2) is 72.9 Å². The molecule has 31 heteroatoms. The van der Waals surface area contributed by atoms with Crippen LogP contribution in [0.4, 0.5) is 0 Å². The molecule has 2 heterocycles. The Labute approximate surface area is 526 Å². The van der Waals surface area contributed by atoms with Gasteiger partial charge in [-0.15, -0.1) is 0 Å². The molecule has 4 rings (SSSR count). The van der Waals surface area contributed by atoms with E-state index in [2.05, 4.69) is 58.2 Å². The first kappa shape index (κ1) is 74.2. The summed E-state index contributed by atoms with van der Waals surface area (Å²) in [7, 11) is 0. The fourth-order valence-electron chi connectivity index (χ4n) is 9.38. The van der Waals surface area contributed by atoms with Crippen molar-refractivity contribution in [3.63, 3.8) is 0 Å². The van der Waals surface area contributed by atoms with Crippen LogP contribution < -0.4 is 81.8 Å². The summed E-state index contributed by atoms with van der Waals surface area (Å²) in [5, 5.41) is 47.4. The van der Waals surface area contributed by atoms with Crippen LogP contribution in [0.3, 0.4) is 0 Å². The number of nitrogens with two attached hydrogens (primary N) is 5. The second-order valence-electron chi connectivity index (χ2n) is 22.0. The van der Waals surface area contributed by atoms with Crippen LogP contribution in [0, 0.1) is 5.92 Å². The SMILES string of the molecule is CC(C)C[C@@H]1NC(=O)[C@@H](Cc2ccccc2)NC(=O)[C@H](CCN)NC(=O)[C@@H](NC(=O)[C@H](CCN)NC(=O)[C@@H](NC(=O)[C@H](CCN)OC(=O)c2ccnc(-c3cccc(Cl)c3)c2)C(C)O)CCNC(=O)[C@H](C(C)O)NC(=O)[C@H](CCN)NC(=O)[C@H](CCN)NC1=O. The van der Waals surface area contributed by atoms with Crippen LogP contribution >= 0.6 is 11.6 Å². The maximum atomic E-state index is 14.6. The number of benzene rings is 2. The van der Waals surface area contributed by atoms with Gasteiger partial charge in [0.2, 0.25) is 53.2 Å². The third-order valence-corrected chi connectivity index (χ3v) is 14.4. The second kappa shape index (κ2) is 37.7. The number of pyridine rings is 1. The normalized spacial score (nSPS) is 21.8. The molecule has 0 saturated carbocycles. The summed E-state index contributed by atoms with van der Waals surface area (Å²) in [6, 6.07) is 4.03. The number of rotatable bonds is 25. The van der Waals surface area contributed by atoms with Gasteiger partial charge in [0, 0.05) is 36.2 Å². The minimum absolute atomic E-state index is 0.00112. The van der Waals surface area contributed by atoms with Gasteiger partial charge in [-0.05, 0) is 121 Å². The molecule has 3 aromatic rings. The van der Waals surface area contributed by atoms with E-state index in [4.69, 9.17) is 45.0 Å². The fourth-order valence-corrected chi connectivity index (χ4v) is 9.57. The highest BCUT2D eigenvalue weighted by Gasteiger charge is 2.38. The molecule has 10 amide bonds. The molecule has 0 aliphatic carbocycles. The zero-order chi connectivity index (χ0) is 66.6. The number of aromatic nitrogens is 1. The lowest BCUT2D eigenvalue weighted by atomic mass is 10.00. The largest absolute Gasteiger partial charge is 0.449 e. The molecule has 12 atom stereocenters. The molecule has 0 spiro atoms. The van der Waals surface area contributed by atoms with Gasteiger partial charge in [-0.25, -0.2) is 4.79 Å². The van der Waals surface area contributed by atoms with Crippen molar-refractivity contribution in [2.45, 2.75) is 152 Å². The third kappa shape index (κ3) is 23.6. The van der Waals surface area contributed by atoms with E-state index in [1.54, 1.807) is 68.4 Å². The minimum atomic E-state index is -1.82. The number of hydrogen-bond donors (Lipinski definition) is 17. The number of halogens is 1. The molecule has 0 radical (unpaired) electrons. The Balaban J connectivity index is 1.70. The minimum Gasteiger partial charge on any atom is -0.449 e. The average molecular weight is 1280 g/mol. The Morgan fingerprint density at radius 2 is 1.18 bits per heavy atom. The first-order valence-electron chi connectivity index (χ1n) is 29.7. The molecule has 0 bridgehead atoms. The van der Waals surface area contributed by atoms with Crippen molar-refractivity contribution in [3.8, 4) is 11.3 Å². The molecule has 1 aromatic heterocycles. The van der Waals surface area contributed by atoms with E-state index in [1.807, 2.05) is 0 Å². The van der Waals surface area contributed by atoms with Crippen LogP contribution in [-0.2, 0) is 59.1 Å². The second-order valence-corrected chi connectivity index (χ2v) is 22.4.